The van der Waals surface area contributed by atoms with Crippen molar-refractivity contribution in [3.05, 3.63) is 35.6 Å². The molecule has 0 spiro atoms. The van der Waals surface area contributed by atoms with Crippen LogP contribution in [0.2, 0.25) is 0 Å². The van der Waals surface area contributed by atoms with E-state index < -0.39 is 0 Å². The molecule has 58 valence electrons. The molecule has 0 saturated heterocycles. The monoisotopic (exact) mass is 152 g/mol. The summed E-state index contributed by atoms with van der Waals surface area (Å²) < 4.78 is 12.3. The largest absolute Gasteiger partial charge is 0.313 e. The lowest BCUT2D eigenvalue weighted by Crippen LogP contribution is -1.94. The zero-order chi connectivity index (χ0) is 8.10. The van der Waals surface area contributed by atoms with E-state index in [0.717, 1.165) is 5.56 Å². The predicted molar refractivity (Wildman–Crippen MR) is 43.1 cm³/mol. The molecule has 1 N–H and O–H groups in total. The van der Waals surface area contributed by atoms with Crippen LogP contribution < -0.4 is 5.43 Å². The molecular weight excluding hydrogens is 143 g/mol. The number of hydrogen-bond donors (Lipinski definition) is 1. The van der Waals surface area contributed by atoms with Crippen LogP contribution in [0.4, 0.5) is 4.39 Å². The standard InChI is InChI=1S/C8H9FN2/c1-10-11-6-7-2-4-8(9)5-3-7/h2-6,10H,1H3/b11-6+. The Morgan fingerprint density at radius 2 is 2.00 bits per heavy atom. The summed E-state index contributed by atoms with van der Waals surface area (Å²) in [5.74, 6) is -0.230. The van der Waals surface area contributed by atoms with E-state index in [1.165, 1.54) is 12.1 Å². The van der Waals surface area contributed by atoms with E-state index in [2.05, 4.69) is 10.5 Å². The molecule has 0 amide bonds. The van der Waals surface area contributed by atoms with Crippen molar-refractivity contribution in [2.24, 2.45) is 5.10 Å². The molecule has 0 heterocycles. The van der Waals surface area contributed by atoms with Crippen LogP contribution in [-0.4, -0.2) is 13.3 Å². The molecule has 1 aromatic rings. The Bertz CT molecular complexity index is 241. The first kappa shape index (κ1) is 7.72. The fourth-order valence-corrected chi connectivity index (χ4v) is 0.688. The maximum atomic E-state index is 12.3. The Hall–Kier alpha value is -1.38. The second-order valence-corrected chi connectivity index (χ2v) is 2.03. The highest BCUT2D eigenvalue weighted by Gasteiger charge is 1.87. The van der Waals surface area contributed by atoms with Gasteiger partial charge in [0.25, 0.3) is 0 Å². The van der Waals surface area contributed by atoms with E-state index in [0.29, 0.717) is 0 Å². The fraction of sp³-hybridized carbons (Fsp3) is 0.125. The molecule has 0 aromatic heterocycles. The summed E-state index contributed by atoms with van der Waals surface area (Å²) in [6, 6.07) is 6.13. The Labute approximate surface area is 64.7 Å². The highest BCUT2D eigenvalue weighted by molar-refractivity contribution is 5.79. The molecule has 2 nitrogen and oxygen atoms in total. The van der Waals surface area contributed by atoms with Gasteiger partial charge in [-0.05, 0) is 17.7 Å². The van der Waals surface area contributed by atoms with Crippen molar-refractivity contribution in [3.8, 4) is 0 Å². The second kappa shape index (κ2) is 3.71. The highest BCUT2D eigenvalue weighted by atomic mass is 19.1. The molecule has 0 aliphatic heterocycles. The van der Waals surface area contributed by atoms with Gasteiger partial charge in [-0.2, -0.15) is 5.10 Å². The molecule has 0 saturated carbocycles. The first-order chi connectivity index (χ1) is 5.33. The minimum atomic E-state index is -0.230. The number of hydrogen-bond acceptors (Lipinski definition) is 2. The first-order valence-corrected chi connectivity index (χ1v) is 3.28. The zero-order valence-corrected chi connectivity index (χ0v) is 6.21. The van der Waals surface area contributed by atoms with Gasteiger partial charge in [-0.1, -0.05) is 12.1 Å². The number of halogens is 1. The lowest BCUT2D eigenvalue weighted by molar-refractivity contribution is 0.628. The third kappa shape index (κ3) is 2.37. The summed E-state index contributed by atoms with van der Waals surface area (Å²) in [5, 5.41) is 3.77. The molecule has 1 rings (SSSR count). The molecule has 11 heavy (non-hydrogen) atoms. The van der Waals surface area contributed by atoms with Crippen molar-refractivity contribution in [1.82, 2.24) is 5.43 Å². The van der Waals surface area contributed by atoms with Gasteiger partial charge in [0.15, 0.2) is 0 Å². The molecule has 0 aliphatic rings. The maximum absolute atomic E-state index is 12.3. The number of benzene rings is 1. The average molecular weight is 152 g/mol. The van der Waals surface area contributed by atoms with Crippen LogP contribution in [0.25, 0.3) is 0 Å². The summed E-state index contributed by atoms with van der Waals surface area (Å²) in [7, 11) is 1.71. The average Bonchev–Trinajstić information content (AvgIpc) is 2.04. The van der Waals surface area contributed by atoms with E-state index in [1.807, 2.05) is 0 Å². The molecule has 0 fully saturated rings. The minimum Gasteiger partial charge on any atom is -0.313 e. The number of nitrogens with one attached hydrogen (secondary N) is 1. The summed E-state index contributed by atoms with van der Waals surface area (Å²) in [6.07, 6.45) is 1.62. The van der Waals surface area contributed by atoms with E-state index in [9.17, 15) is 4.39 Å². The van der Waals surface area contributed by atoms with Crippen LogP contribution in [0.15, 0.2) is 29.4 Å². The summed E-state index contributed by atoms with van der Waals surface area (Å²) in [4.78, 5) is 0. The number of hydrazone groups is 1. The molecule has 0 unspecified atom stereocenters. The van der Waals surface area contributed by atoms with Gasteiger partial charge in [0, 0.05) is 7.05 Å². The van der Waals surface area contributed by atoms with Gasteiger partial charge in [0.2, 0.25) is 0 Å². The summed E-state index contributed by atoms with van der Waals surface area (Å²) >= 11 is 0. The molecule has 0 aliphatic carbocycles. The van der Waals surface area contributed by atoms with E-state index in [-0.39, 0.29) is 5.82 Å². The Morgan fingerprint density at radius 1 is 1.36 bits per heavy atom. The maximum Gasteiger partial charge on any atom is 0.123 e. The third-order valence-electron chi connectivity index (χ3n) is 1.21. The van der Waals surface area contributed by atoms with Crippen LogP contribution in [0.3, 0.4) is 0 Å². The van der Waals surface area contributed by atoms with Crippen molar-refractivity contribution >= 4 is 6.21 Å². The fourth-order valence-electron chi connectivity index (χ4n) is 0.688. The Balaban J connectivity index is 2.73. The highest BCUT2D eigenvalue weighted by Crippen LogP contribution is 1.99. The first-order valence-electron chi connectivity index (χ1n) is 3.28. The third-order valence-corrected chi connectivity index (χ3v) is 1.21. The molecule has 3 heteroatoms. The lowest BCUT2D eigenvalue weighted by atomic mass is 10.2. The lowest BCUT2D eigenvalue weighted by Gasteiger charge is -1.91. The van der Waals surface area contributed by atoms with Gasteiger partial charge in [-0.15, -0.1) is 0 Å². The normalized spacial score (nSPS) is 10.4. The zero-order valence-electron chi connectivity index (χ0n) is 6.21. The molecule has 0 bridgehead atoms. The van der Waals surface area contributed by atoms with Gasteiger partial charge in [0.1, 0.15) is 5.82 Å². The van der Waals surface area contributed by atoms with Gasteiger partial charge in [-0.3, -0.25) is 0 Å². The topological polar surface area (TPSA) is 24.4 Å². The van der Waals surface area contributed by atoms with Gasteiger partial charge in [-0.25, -0.2) is 4.39 Å². The van der Waals surface area contributed by atoms with Crippen molar-refractivity contribution in [2.75, 3.05) is 7.05 Å². The molecule has 0 radical (unpaired) electrons. The SMILES string of the molecule is CN/N=C/c1ccc(F)cc1. The van der Waals surface area contributed by atoms with Crippen molar-refractivity contribution in [3.63, 3.8) is 0 Å². The van der Waals surface area contributed by atoms with Crippen molar-refractivity contribution in [1.29, 1.82) is 0 Å². The van der Waals surface area contributed by atoms with Gasteiger partial charge >= 0.3 is 0 Å². The van der Waals surface area contributed by atoms with Crippen LogP contribution in [0.1, 0.15) is 5.56 Å². The van der Waals surface area contributed by atoms with E-state index in [4.69, 9.17) is 0 Å². The van der Waals surface area contributed by atoms with Crippen LogP contribution >= 0.6 is 0 Å². The van der Waals surface area contributed by atoms with E-state index in [1.54, 1.807) is 25.4 Å². The molecular formula is C8H9FN2. The molecule has 0 atom stereocenters. The number of rotatable bonds is 2. The smallest absolute Gasteiger partial charge is 0.123 e. The second-order valence-electron chi connectivity index (χ2n) is 2.03. The van der Waals surface area contributed by atoms with Crippen molar-refractivity contribution in [2.45, 2.75) is 0 Å². The quantitative estimate of drug-likeness (QED) is 0.502. The predicted octanol–water partition coefficient (Wildman–Crippen LogP) is 1.38. The molecule has 1 aromatic carbocycles. The van der Waals surface area contributed by atoms with Crippen LogP contribution in [-0.2, 0) is 0 Å². The summed E-state index contributed by atoms with van der Waals surface area (Å²) in [5.41, 5.74) is 3.48. The Kier molecular flexibility index (Phi) is 2.60. The van der Waals surface area contributed by atoms with Crippen LogP contribution in [0.5, 0.6) is 0 Å². The minimum absolute atomic E-state index is 0.230. The Morgan fingerprint density at radius 3 is 2.55 bits per heavy atom. The van der Waals surface area contributed by atoms with Gasteiger partial charge < -0.3 is 5.43 Å². The van der Waals surface area contributed by atoms with Crippen molar-refractivity contribution < 1.29 is 4.39 Å². The summed E-state index contributed by atoms with van der Waals surface area (Å²) in [6.45, 7) is 0. The van der Waals surface area contributed by atoms with Gasteiger partial charge in [0.05, 0.1) is 6.21 Å². The number of nitrogens with zero attached hydrogens (tertiary/aromatic N) is 1. The van der Waals surface area contributed by atoms with E-state index >= 15 is 0 Å². The van der Waals surface area contributed by atoms with Crippen LogP contribution in [0, 0.1) is 5.82 Å².